The van der Waals surface area contributed by atoms with E-state index in [-0.39, 0.29) is 24.6 Å². The maximum absolute atomic E-state index is 10.1. The van der Waals surface area contributed by atoms with Crippen LogP contribution in [0.2, 0.25) is 0 Å². The zero-order valence-electron chi connectivity index (χ0n) is 17.7. The maximum atomic E-state index is 10.1. The second-order valence-corrected chi connectivity index (χ2v) is 7.96. The zero-order chi connectivity index (χ0) is 20.9. The molecule has 4 rings (SSSR count). The number of hydrogen-bond donors (Lipinski definition) is 1. The summed E-state index contributed by atoms with van der Waals surface area (Å²) in [6.07, 6.45) is 2.97. The van der Waals surface area contributed by atoms with Crippen molar-refractivity contribution in [2.75, 3.05) is 20.7 Å². The van der Waals surface area contributed by atoms with Crippen molar-refractivity contribution in [3.05, 3.63) is 108 Å². The molecule has 3 aromatic carbocycles. The first-order valence-electron chi connectivity index (χ1n) is 10.5. The largest absolute Gasteiger partial charge is 0.396 e. The Balaban J connectivity index is 1.70. The van der Waals surface area contributed by atoms with Crippen molar-refractivity contribution in [2.24, 2.45) is 5.92 Å². The molecule has 30 heavy (non-hydrogen) atoms. The molecule has 3 atom stereocenters. The van der Waals surface area contributed by atoms with Crippen molar-refractivity contribution >= 4 is 6.21 Å². The topological polar surface area (TPSA) is 29.7 Å². The molecule has 0 aromatic heterocycles. The molecule has 4 heteroatoms. The van der Waals surface area contributed by atoms with Gasteiger partial charge in [0.25, 0.3) is 0 Å². The number of benzene rings is 3. The van der Waals surface area contributed by atoms with Crippen LogP contribution < -0.4 is 0 Å². The highest BCUT2D eigenvalue weighted by Gasteiger charge is 2.48. The van der Waals surface area contributed by atoms with E-state index in [1.807, 2.05) is 6.07 Å². The van der Waals surface area contributed by atoms with Crippen LogP contribution in [0.1, 0.15) is 28.8 Å². The SMILES string of the molecule is CN1C(c2ccccc2)C(c2ccccc2)N(C)[N+]1=CC(CO)Cc1ccccc1. The average molecular weight is 401 g/mol. The predicted molar refractivity (Wildman–Crippen MR) is 121 cm³/mol. The van der Waals surface area contributed by atoms with E-state index in [2.05, 4.69) is 120 Å². The summed E-state index contributed by atoms with van der Waals surface area (Å²) in [5, 5.41) is 14.6. The van der Waals surface area contributed by atoms with E-state index in [0.29, 0.717) is 0 Å². The van der Waals surface area contributed by atoms with Gasteiger partial charge >= 0.3 is 0 Å². The summed E-state index contributed by atoms with van der Waals surface area (Å²) in [5.74, 6) is 0.0308. The minimum Gasteiger partial charge on any atom is -0.396 e. The first-order valence-corrected chi connectivity index (χ1v) is 10.5. The Hall–Kier alpha value is -3.11. The lowest BCUT2D eigenvalue weighted by Gasteiger charge is -2.20. The van der Waals surface area contributed by atoms with Gasteiger partial charge in [0.2, 0.25) is 6.21 Å². The van der Waals surface area contributed by atoms with Crippen LogP contribution >= 0.6 is 0 Å². The summed E-state index contributed by atoms with van der Waals surface area (Å²) >= 11 is 0. The van der Waals surface area contributed by atoms with Gasteiger partial charge in [-0.15, -0.1) is 0 Å². The molecule has 3 aromatic rings. The molecule has 154 valence electrons. The van der Waals surface area contributed by atoms with Crippen LogP contribution in [-0.2, 0) is 6.42 Å². The molecule has 0 aliphatic carbocycles. The summed E-state index contributed by atoms with van der Waals surface area (Å²) in [6.45, 7) is 0.110. The second kappa shape index (κ2) is 9.14. The number of hydrazine groups is 2. The Bertz CT molecular complexity index is 906. The van der Waals surface area contributed by atoms with E-state index in [9.17, 15) is 5.11 Å². The van der Waals surface area contributed by atoms with Crippen LogP contribution in [-0.4, -0.2) is 46.8 Å². The van der Waals surface area contributed by atoms with Gasteiger partial charge in [0.15, 0.2) is 0 Å². The number of hydrazone groups is 2. The summed E-state index contributed by atoms with van der Waals surface area (Å²) in [4.78, 5) is 2.18. The third kappa shape index (κ3) is 4.10. The third-order valence-corrected chi connectivity index (χ3v) is 5.95. The number of nitrogens with zero attached hydrogens (tertiary/aromatic N) is 3. The highest BCUT2D eigenvalue weighted by Crippen LogP contribution is 2.42. The molecule has 1 aliphatic rings. The van der Waals surface area contributed by atoms with Gasteiger partial charge in [-0.3, -0.25) is 0 Å². The molecule has 0 amide bonds. The van der Waals surface area contributed by atoms with Crippen LogP contribution in [0.3, 0.4) is 0 Å². The van der Waals surface area contributed by atoms with Gasteiger partial charge in [-0.25, -0.2) is 0 Å². The lowest BCUT2D eigenvalue weighted by molar-refractivity contribution is -0.784. The molecule has 0 bridgehead atoms. The fourth-order valence-corrected chi connectivity index (χ4v) is 4.46. The average Bonchev–Trinajstić information content (AvgIpc) is 3.05. The summed E-state index contributed by atoms with van der Waals surface area (Å²) < 4.78 is 0. The molecule has 1 saturated heterocycles. The van der Waals surface area contributed by atoms with Crippen molar-refractivity contribution in [3.63, 3.8) is 0 Å². The third-order valence-electron chi connectivity index (χ3n) is 5.95. The van der Waals surface area contributed by atoms with Crippen molar-refractivity contribution in [2.45, 2.75) is 18.5 Å². The van der Waals surface area contributed by atoms with Gasteiger partial charge in [-0.05, 0) is 27.9 Å². The van der Waals surface area contributed by atoms with Gasteiger partial charge in [0.1, 0.15) is 12.1 Å². The van der Waals surface area contributed by atoms with E-state index in [1.54, 1.807) is 0 Å². The number of hydrogen-bond acceptors (Lipinski definition) is 3. The molecule has 1 N–H and O–H groups in total. The fraction of sp³-hybridized carbons (Fsp3) is 0.269. The second-order valence-electron chi connectivity index (χ2n) is 7.96. The van der Waals surface area contributed by atoms with Crippen LogP contribution in [0.5, 0.6) is 0 Å². The molecular formula is C26H30N3O+. The Morgan fingerprint density at radius 3 is 1.63 bits per heavy atom. The van der Waals surface area contributed by atoms with Crippen molar-refractivity contribution in [3.8, 4) is 0 Å². The van der Waals surface area contributed by atoms with Crippen molar-refractivity contribution < 1.29 is 9.90 Å². The van der Waals surface area contributed by atoms with Gasteiger partial charge < -0.3 is 5.11 Å². The minimum atomic E-state index is 0.0308. The Morgan fingerprint density at radius 1 is 0.767 bits per heavy atom. The molecule has 1 aliphatic heterocycles. The lowest BCUT2D eigenvalue weighted by atomic mass is 9.93. The van der Waals surface area contributed by atoms with Crippen molar-refractivity contribution in [1.29, 1.82) is 0 Å². The first-order chi connectivity index (χ1) is 14.7. The van der Waals surface area contributed by atoms with Crippen molar-refractivity contribution in [1.82, 2.24) is 10.0 Å². The summed E-state index contributed by atoms with van der Waals surface area (Å²) in [5.41, 5.74) is 3.79. The van der Waals surface area contributed by atoms with Crippen LogP contribution in [0.25, 0.3) is 0 Å². The zero-order valence-corrected chi connectivity index (χ0v) is 17.7. The van der Waals surface area contributed by atoms with Gasteiger partial charge in [-0.2, -0.15) is 10.0 Å². The molecule has 0 spiro atoms. The summed E-state index contributed by atoms with van der Waals surface area (Å²) in [6, 6.07) is 32.0. The molecule has 0 saturated carbocycles. The van der Waals surface area contributed by atoms with E-state index in [4.69, 9.17) is 0 Å². The number of aliphatic hydroxyl groups excluding tert-OH is 1. The van der Waals surface area contributed by atoms with E-state index in [1.165, 1.54) is 16.7 Å². The molecule has 3 unspecified atom stereocenters. The van der Waals surface area contributed by atoms with Gasteiger partial charge in [-0.1, -0.05) is 91.0 Å². The summed E-state index contributed by atoms with van der Waals surface area (Å²) in [7, 11) is 4.26. The minimum absolute atomic E-state index is 0.0308. The highest BCUT2D eigenvalue weighted by atomic mass is 16.3. The molecule has 4 nitrogen and oxygen atoms in total. The monoisotopic (exact) mass is 400 g/mol. The smallest absolute Gasteiger partial charge is 0.210 e. The molecule has 1 fully saturated rings. The van der Waals surface area contributed by atoms with E-state index >= 15 is 0 Å². The van der Waals surface area contributed by atoms with E-state index in [0.717, 1.165) is 6.42 Å². The van der Waals surface area contributed by atoms with E-state index < -0.39 is 0 Å². The standard InChI is InChI=1S/C26H30N3O/c1-27-25(23-14-8-4-9-15-23)26(24-16-10-5-11-17-24)28(2)29(27)19-22(20-30)18-21-12-6-3-7-13-21/h3-17,19,22,25-26,30H,18,20H2,1-2H3/q+1. The predicted octanol–water partition coefficient (Wildman–Crippen LogP) is 4.11. The quantitative estimate of drug-likeness (QED) is 0.632. The normalized spacial score (nSPS) is 19.8. The van der Waals surface area contributed by atoms with Gasteiger partial charge in [0, 0.05) is 0 Å². The number of aliphatic hydroxyl groups is 1. The Morgan fingerprint density at radius 2 is 1.20 bits per heavy atom. The number of rotatable bonds is 6. The van der Waals surface area contributed by atoms with Crippen LogP contribution in [0.15, 0.2) is 91.0 Å². The van der Waals surface area contributed by atoms with Crippen LogP contribution in [0, 0.1) is 5.92 Å². The lowest BCUT2D eigenvalue weighted by Crippen LogP contribution is -2.36. The Kier molecular flexibility index (Phi) is 6.15. The van der Waals surface area contributed by atoms with Crippen LogP contribution in [0.4, 0.5) is 0 Å². The molecule has 1 heterocycles. The fourth-order valence-electron chi connectivity index (χ4n) is 4.46. The van der Waals surface area contributed by atoms with Gasteiger partial charge in [0.05, 0.1) is 26.6 Å². The first kappa shape index (κ1) is 20.2. The Labute approximate surface area is 179 Å². The highest BCUT2D eigenvalue weighted by molar-refractivity contribution is 5.56. The molecular weight excluding hydrogens is 370 g/mol. The molecule has 0 radical (unpaired) electrons. The maximum Gasteiger partial charge on any atom is 0.210 e. The number of likely N-dealkylation sites (N-methyl/N-ethyl adjacent to an activating group) is 2.